The maximum Gasteiger partial charge on any atom is 0.416 e. The molecule has 0 aliphatic rings. The molecule has 0 aromatic heterocycles. The molecule has 0 fully saturated rings. The number of Topliss-reactive ketones (excluding diaryl/α,β-unsaturated/α-hetero) is 1. The largest absolute Gasteiger partial charge is 0.416 e. The highest BCUT2D eigenvalue weighted by Crippen LogP contribution is 2.30. The summed E-state index contributed by atoms with van der Waals surface area (Å²) >= 11 is 0. The number of carbonyl (C=O) groups is 1. The van der Waals surface area contributed by atoms with E-state index in [1.807, 2.05) is 0 Å². The van der Waals surface area contributed by atoms with Gasteiger partial charge in [0.15, 0.2) is 5.78 Å². The highest BCUT2D eigenvalue weighted by Gasteiger charge is 2.31. The first-order valence-electron chi connectivity index (χ1n) is 4.43. The maximum atomic E-state index is 12.4. The number of carbonyl (C=O) groups excluding carboxylic acids is 1. The summed E-state index contributed by atoms with van der Waals surface area (Å²) in [6.45, 7) is 1.47. The van der Waals surface area contributed by atoms with E-state index in [2.05, 4.69) is 0 Å². The fourth-order valence-corrected chi connectivity index (χ4v) is 1.28. The number of alkyl halides is 3. The Balaban J connectivity index is 3.19. The Morgan fingerprint density at radius 1 is 1.38 bits per heavy atom. The van der Waals surface area contributed by atoms with Crippen LogP contribution in [0.5, 0.6) is 0 Å². The van der Waals surface area contributed by atoms with Gasteiger partial charge in [-0.1, -0.05) is 0 Å². The molecule has 0 aliphatic carbocycles. The summed E-state index contributed by atoms with van der Waals surface area (Å²) in [6, 6.07) is 4.69. The Hall–Kier alpha value is -1.83. The number of ketones is 1. The Morgan fingerprint density at radius 2 is 2.00 bits per heavy atom. The van der Waals surface area contributed by atoms with Gasteiger partial charge in [-0.2, -0.15) is 18.4 Å². The van der Waals surface area contributed by atoms with Gasteiger partial charge in [0.2, 0.25) is 0 Å². The van der Waals surface area contributed by atoms with Crippen molar-refractivity contribution in [3.05, 3.63) is 34.9 Å². The molecule has 1 aromatic rings. The van der Waals surface area contributed by atoms with Crippen molar-refractivity contribution in [1.29, 1.82) is 5.26 Å². The van der Waals surface area contributed by atoms with E-state index in [0.717, 1.165) is 12.1 Å². The standard InChI is InChI=1S/C11H8F3NO/c1-7-4-8(10(16)2-3-15)6-9(5-7)11(12,13)14/h4-6H,2H2,1H3. The van der Waals surface area contributed by atoms with E-state index in [4.69, 9.17) is 5.26 Å². The molecule has 16 heavy (non-hydrogen) atoms. The van der Waals surface area contributed by atoms with Crippen LogP contribution in [0.4, 0.5) is 13.2 Å². The SMILES string of the molecule is Cc1cc(C(=O)CC#N)cc(C(F)(F)F)c1. The number of nitriles is 1. The molecular formula is C11H8F3NO. The summed E-state index contributed by atoms with van der Waals surface area (Å²) in [4.78, 5) is 11.3. The maximum absolute atomic E-state index is 12.4. The van der Waals surface area contributed by atoms with Crippen molar-refractivity contribution in [3.63, 3.8) is 0 Å². The third-order valence-electron chi connectivity index (χ3n) is 1.97. The van der Waals surface area contributed by atoms with Crippen molar-refractivity contribution < 1.29 is 18.0 Å². The average Bonchev–Trinajstić information content (AvgIpc) is 2.16. The lowest BCUT2D eigenvalue weighted by Crippen LogP contribution is -2.08. The lowest BCUT2D eigenvalue weighted by atomic mass is 10.0. The molecule has 0 bridgehead atoms. The Labute approximate surface area is 90.3 Å². The number of benzene rings is 1. The first-order valence-corrected chi connectivity index (χ1v) is 4.43. The zero-order valence-electron chi connectivity index (χ0n) is 8.43. The normalized spacial score (nSPS) is 10.9. The van der Waals surface area contributed by atoms with Gasteiger partial charge in [-0.15, -0.1) is 0 Å². The van der Waals surface area contributed by atoms with Crippen LogP contribution >= 0.6 is 0 Å². The molecule has 0 saturated heterocycles. The lowest BCUT2D eigenvalue weighted by Gasteiger charge is -2.09. The van der Waals surface area contributed by atoms with Crippen molar-refractivity contribution in [2.75, 3.05) is 0 Å². The summed E-state index contributed by atoms with van der Waals surface area (Å²) in [5, 5.41) is 8.30. The first kappa shape index (κ1) is 12.2. The van der Waals surface area contributed by atoms with Gasteiger partial charge in [-0.25, -0.2) is 0 Å². The zero-order chi connectivity index (χ0) is 12.3. The van der Waals surface area contributed by atoms with Gasteiger partial charge in [-0.05, 0) is 30.7 Å². The minimum atomic E-state index is -4.48. The molecule has 5 heteroatoms. The Bertz CT molecular complexity index is 457. The van der Waals surface area contributed by atoms with Crippen LogP contribution in [0.1, 0.15) is 27.9 Å². The van der Waals surface area contributed by atoms with Crippen LogP contribution in [-0.4, -0.2) is 5.78 Å². The van der Waals surface area contributed by atoms with E-state index in [1.165, 1.54) is 13.0 Å². The molecular weight excluding hydrogens is 219 g/mol. The predicted octanol–water partition coefficient (Wildman–Crippen LogP) is 3.11. The average molecular weight is 227 g/mol. The number of rotatable bonds is 2. The Morgan fingerprint density at radius 3 is 2.50 bits per heavy atom. The van der Waals surface area contributed by atoms with Crippen molar-refractivity contribution in [3.8, 4) is 6.07 Å². The second-order valence-corrected chi connectivity index (χ2v) is 3.34. The number of nitrogens with zero attached hydrogens (tertiary/aromatic N) is 1. The topological polar surface area (TPSA) is 40.9 Å². The molecule has 0 saturated carbocycles. The third-order valence-corrected chi connectivity index (χ3v) is 1.97. The van der Waals surface area contributed by atoms with Crippen molar-refractivity contribution in [2.45, 2.75) is 19.5 Å². The van der Waals surface area contributed by atoms with Gasteiger partial charge in [0.05, 0.1) is 18.1 Å². The van der Waals surface area contributed by atoms with E-state index >= 15 is 0 Å². The van der Waals surface area contributed by atoms with Crippen LogP contribution in [-0.2, 0) is 6.18 Å². The molecule has 1 aromatic carbocycles. The summed E-state index contributed by atoms with van der Waals surface area (Å²) < 4.78 is 37.3. The molecule has 0 spiro atoms. The molecule has 2 nitrogen and oxygen atoms in total. The molecule has 0 heterocycles. The van der Waals surface area contributed by atoms with Gasteiger partial charge in [-0.3, -0.25) is 4.79 Å². The van der Waals surface area contributed by atoms with E-state index in [-0.39, 0.29) is 5.56 Å². The van der Waals surface area contributed by atoms with Crippen LogP contribution in [0, 0.1) is 18.3 Å². The van der Waals surface area contributed by atoms with Gasteiger partial charge in [0.1, 0.15) is 0 Å². The fraction of sp³-hybridized carbons (Fsp3) is 0.273. The predicted molar refractivity (Wildman–Crippen MR) is 50.7 cm³/mol. The minimum absolute atomic E-state index is 0.0751. The third kappa shape index (κ3) is 2.83. The molecule has 0 N–H and O–H groups in total. The molecule has 0 radical (unpaired) electrons. The molecule has 1 rings (SSSR count). The molecule has 0 atom stereocenters. The number of hydrogen-bond donors (Lipinski definition) is 0. The van der Waals surface area contributed by atoms with Crippen LogP contribution < -0.4 is 0 Å². The number of halogens is 3. The van der Waals surface area contributed by atoms with E-state index < -0.39 is 23.9 Å². The van der Waals surface area contributed by atoms with Crippen LogP contribution in [0.25, 0.3) is 0 Å². The summed E-state index contributed by atoms with van der Waals surface area (Å²) in [7, 11) is 0. The second-order valence-electron chi connectivity index (χ2n) is 3.34. The van der Waals surface area contributed by atoms with Crippen LogP contribution in [0.2, 0.25) is 0 Å². The summed E-state index contributed by atoms with van der Waals surface area (Å²) in [6.07, 6.45) is -4.89. The second kappa shape index (κ2) is 4.35. The molecule has 0 aliphatic heterocycles. The lowest BCUT2D eigenvalue weighted by molar-refractivity contribution is -0.137. The van der Waals surface area contributed by atoms with E-state index in [1.54, 1.807) is 6.07 Å². The van der Waals surface area contributed by atoms with Crippen LogP contribution in [0.3, 0.4) is 0 Å². The summed E-state index contributed by atoms with van der Waals surface area (Å²) in [5.41, 5.74) is -0.598. The van der Waals surface area contributed by atoms with Gasteiger partial charge >= 0.3 is 6.18 Å². The van der Waals surface area contributed by atoms with Gasteiger partial charge in [0, 0.05) is 5.56 Å². The van der Waals surface area contributed by atoms with E-state index in [9.17, 15) is 18.0 Å². The smallest absolute Gasteiger partial charge is 0.293 e. The van der Waals surface area contributed by atoms with Crippen molar-refractivity contribution in [2.24, 2.45) is 0 Å². The van der Waals surface area contributed by atoms with Crippen LogP contribution in [0.15, 0.2) is 18.2 Å². The fourth-order valence-electron chi connectivity index (χ4n) is 1.28. The molecule has 0 amide bonds. The summed E-state index contributed by atoms with van der Waals surface area (Å²) in [5.74, 6) is -0.600. The first-order chi connectivity index (χ1) is 7.34. The van der Waals surface area contributed by atoms with Gasteiger partial charge < -0.3 is 0 Å². The van der Waals surface area contributed by atoms with Crippen molar-refractivity contribution >= 4 is 5.78 Å². The number of hydrogen-bond acceptors (Lipinski definition) is 2. The monoisotopic (exact) mass is 227 g/mol. The highest BCUT2D eigenvalue weighted by molar-refractivity contribution is 5.97. The minimum Gasteiger partial charge on any atom is -0.293 e. The zero-order valence-corrected chi connectivity index (χ0v) is 8.43. The quantitative estimate of drug-likeness (QED) is 0.728. The molecule has 84 valence electrons. The van der Waals surface area contributed by atoms with E-state index in [0.29, 0.717) is 5.56 Å². The molecule has 0 unspecified atom stereocenters. The van der Waals surface area contributed by atoms with Gasteiger partial charge in [0.25, 0.3) is 0 Å². The van der Waals surface area contributed by atoms with Crippen molar-refractivity contribution in [1.82, 2.24) is 0 Å². The number of aryl methyl sites for hydroxylation is 1. The highest BCUT2D eigenvalue weighted by atomic mass is 19.4. The Kier molecular flexibility index (Phi) is 3.33.